The standard InChI is InChI=1S/C18H22N2O3/c1-20-10-12(17(21)22-2)8-18(23-3)13-5-4-6-14-16(13)11(9-19-14)7-15(18)20/h4-6,9,12,15,19H,7-8,10H2,1-3H3. The molecule has 1 aromatic heterocycles. The van der Waals surface area contributed by atoms with Crippen LogP contribution in [0, 0.1) is 5.92 Å². The van der Waals surface area contributed by atoms with Crippen LogP contribution in [0.5, 0.6) is 0 Å². The van der Waals surface area contributed by atoms with Gasteiger partial charge in [0, 0.05) is 36.8 Å². The smallest absolute Gasteiger partial charge is 0.310 e. The van der Waals surface area contributed by atoms with E-state index < -0.39 is 5.60 Å². The molecular formula is C18H22N2O3. The van der Waals surface area contributed by atoms with Gasteiger partial charge < -0.3 is 14.5 Å². The maximum absolute atomic E-state index is 12.2. The van der Waals surface area contributed by atoms with Crippen molar-refractivity contribution in [2.45, 2.75) is 24.5 Å². The molecule has 1 N–H and O–H groups in total. The van der Waals surface area contributed by atoms with Crippen LogP contribution in [0.1, 0.15) is 17.5 Å². The molecule has 0 saturated carbocycles. The van der Waals surface area contributed by atoms with Crippen LogP contribution in [0.2, 0.25) is 0 Å². The van der Waals surface area contributed by atoms with Crippen LogP contribution >= 0.6 is 0 Å². The van der Waals surface area contributed by atoms with E-state index in [1.54, 1.807) is 7.11 Å². The van der Waals surface area contributed by atoms with Crippen LogP contribution in [0.3, 0.4) is 0 Å². The number of likely N-dealkylation sites (N-methyl/N-ethyl adjacent to an activating group) is 1. The molecule has 1 fully saturated rings. The van der Waals surface area contributed by atoms with Crippen molar-refractivity contribution in [1.82, 2.24) is 9.88 Å². The summed E-state index contributed by atoms with van der Waals surface area (Å²) in [6, 6.07) is 6.52. The van der Waals surface area contributed by atoms with Gasteiger partial charge in [-0.2, -0.15) is 0 Å². The molecule has 0 spiro atoms. The minimum Gasteiger partial charge on any atom is -0.469 e. The summed E-state index contributed by atoms with van der Waals surface area (Å²) in [6.07, 6.45) is 3.69. The molecule has 23 heavy (non-hydrogen) atoms. The first-order valence-corrected chi connectivity index (χ1v) is 8.03. The van der Waals surface area contributed by atoms with Gasteiger partial charge in [-0.25, -0.2) is 0 Å². The lowest BCUT2D eigenvalue weighted by atomic mass is 9.68. The van der Waals surface area contributed by atoms with Crippen LogP contribution in [0.15, 0.2) is 24.4 Å². The highest BCUT2D eigenvalue weighted by Gasteiger charge is 2.53. The molecule has 1 aromatic carbocycles. The van der Waals surface area contributed by atoms with Gasteiger partial charge in [0.15, 0.2) is 0 Å². The first kappa shape index (κ1) is 14.7. The van der Waals surface area contributed by atoms with Crippen LogP contribution < -0.4 is 0 Å². The molecule has 0 bridgehead atoms. The van der Waals surface area contributed by atoms with Gasteiger partial charge in [-0.3, -0.25) is 9.69 Å². The Hall–Kier alpha value is -1.85. The van der Waals surface area contributed by atoms with Crippen LogP contribution in [-0.4, -0.2) is 49.7 Å². The molecule has 0 amide bonds. The lowest BCUT2D eigenvalue weighted by molar-refractivity contribution is -0.163. The number of benzene rings is 1. The fraction of sp³-hybridized carbons (Fsp3) is 0.500. The van der Waals surface area contributed by atoms with E-state index in [-0.39, 0.29) is 17.9 Å². The Kier molecular flexibility index (Phi) is 3.25. The highest BCUT2D eigenvalue weighted by Crippen LogP contribution is 2.49. The summed E-state index contributed by atoms with van der Waals surface area (Å²) in [7, 11) is 5.29. The summed E-state index contributed by atoms with van der Waals surface area (Å²) in [5.41, 5.74) is 3.18. The minimum atomic E-state index is -0.472. The molecule has 3 unspecified atom stereocenters. The topological polar surface area (TPSA) is 54.6 Å². The van der Waals surface area contributed by atoms with Gasteiger partial charge in [0.1, 0.15) is 5.60 Å². The predicted octanol–water partition coefficient (Wildman–Crippen LogP) is 2.06. The molecule has 122 valence electrons. The number of H-pyrrole nitrogens is 1. The van der Waals surface area contributed by atoms with Gasteiger partial charge in [-0.15, -0.1) is 0 Å². The third-order valence-corrected chi connectivity index (χ3v) is 5.68. The summed E-state index contributed by atoms with van der Waals surface area (Å²) in [5.74, 6) is -0.323. The maximum Gasteiger partial charge on any atom is 0.310 e. The van der Waals surface area contributed by atoms with Gasteiger partial charge in [-0.05, 0) is 37.1 Å². The lowest BCUT2D eigenvalue weighted by Crippen LogP contribution is -2.60. The van der Waals surface area contributed by atoms with Crippen molar-refractivity contribution in [3.8, 4) is 0 Å². The number of aromatic nitrogens is 1. The van der Waals surface area contributed by atoms with Gasteiger partial charge in [0.05, 0.1) is 13.0 Å². The second kappa shape index (κ2) is 5.08. The number of rotatable bonds is 2. The molecular weight excluding hydrogens is 292 g/mol. The summed E-state index contributed by atoms with van der Waals surface area (Å²) in [5, 5.41) is 1.25. The van der Waals surface area contributed by atoms with Crippen molar-refractivity contribution in [3.63, 3.8) is 0 Å². The fourth-order valence-electron chi connectivity index (χ4n) is 4.64. The van der Waals surface area contributed by atoms with Crippen molar-refractivity contribution in [2.24, 2.45) is 5.92 Å². The Balaban J connectivity index is 1.90. The van der Waals surface area contributed by atoms with Crippen LogP contribution in [0.25, 0.3) is 10.9 Å². The van der Waals surface area contributed by atoms with Crippen molar-refractivity contribution in [2.75, 3.05) is 27.8 Å². The summed E-state index contributed by atoms with van der Waals surface area (Å²) >= 11 is 0. The number of likely N-dealkylation sites (tertiary alicyclic amines) is 1. The monoisotopic (exact) mass is 314 g/mol. The highest BCUT2D eigenvalue weighted by molar-refractivity contribution is 5.89. The van der Waals surface area contributed by atoms with Crippen molar-refractivity contribution < 1.29 is 14.3 Å². The molecule has 5 heteroatoms. The van der Waals surface area contributed by atoms with E-state index in [4.69, 9.17) is 9.47 Å². The Bertz CT molecular complexity index is 769. The number of carbonyl (C=O) groups excluding carboxylic acids is 1. The zero-order valence-electron chi connectivity index (χ0n) is 13.8. The average molecular weight is 314 g/mol. The summed E-state index contributed by atoms with van der Waals surface area (Å²) in [4.78, 5) is 17.8. The van der Waals surface area contributed by atoms with Crippen LogP contribution in [0.4, 0.5) is 0 Å². The molecule has 1 aliphatic heterocycles. The molecule has 2 heterocycles. The number of nitrogens with one attached hydrogen (secondary N) is 1. The second-order valence-electron chi connectivity index (χ2n) is 6.72. The third-order valence-electron chi connectivity index (χ3n) is 5.68. The minimum absolute atomic E-state index is 0.154. The van der Waals surface area contributed by atoms with E-state index in [2.05, 4.69) is 41.3 Å². The number of fused-ring (bicyclic) bond motifs is 2. The zero-order chi connectivity index (χ0) is 16.2. The van der Waals surface area contributed by atoms with Gasteiger partial charge >= 0.3 is 5.97 Å². The summed E-state index contributed by atoms with van der Waals surface area (Å²) in [6.45, 7) is 0.707. The number of methoxy groups -OCH3 is 2. The maximum atomic E-state index is 12.2. The third kappa shape index (κ3) is 1.90. The van der Waals surface area contributed by atoms with Crippen molar-refractivity contribution >= 4 is 16.9 Å². The van der Waals surface area contributed by atoms with Gasteiger partial charge in [0.25, 0.3) is 0 Å². The number of nitrogens with zero attached hydrogens (tertiary/aromatic N) is 1. The van der Waals surface area contributed by atoms with Crippen molar-refractivity contribution in [1.29, 1.82) is 0 Å². The van der Waals surface area contributed by atoms with Gasteiger partial charge in [-0.1, -0.05) is 12.1 Å². The first-order valence-electron chi connectivity index (χ1n) is 8.03. The largest absolute Gasteiger partial charge is 0.469 e. The number of carbonyl (C=O) groups is 1. The highest BCUT2D eigenvalue weighted by atomic mass is 16.5. The average Bonchev–Trinajstić information content (AvgIpc) is 2.99. The Morgan fingerprint density at radius 3 is 2.96 bits per heavy atom. The Morgan fingerprint density at radius 2 is 2.22 bits per heavy atom. The number of hydrogen-bond donors (Lipinski definition) is 1. The quantitative estimate of drug-likeness (QED) is 0.862. The molecule has 1 saturated heterocycles. The second-order valence-corrected chi connectivity index (χ2v) is 6.72. The van der Waals surface area contributed by atoms with Crippen LogP contribution in [-0.2, 0) is 26.3 Å². The number of piperidine rings is 1. The number of aromatic amines is 1. The first-order chi connectivity index (χ1) is 11.1. The predicted molar refractivity (Wildman–Crippen MR) is 87.2 cm³/mol. The van der Waals surface area contributed by atoms with E-state index >= 15 is 0 Å². The molecule has 2 aliphatic rings. The molecule has 4 rings (SSSR count). The Labute approximate surface area is 135 Å². The molecule has 5 nitrogen and oxygen atoms in total. The molecule has 0 radical (unpaired) electrons. The van der Waals surface area contributed by atoms with E-state index in [0.717, 1.165) is 11.9 Å². The van der Waals surface area contributed by atoms with E-state index in [0.29, 0.717) is 13.0 Å². The number of ether oxygens (including phenoxy) is 2. The molecule has 3 atom stereocenters. The lowest BCUT2D eigenvalue weighted by Gasteiger charge is -2.52. The van der Waals surface area contributed by atoms with Crippen molar-refractivity contribution in [3.05, 3.63) is 35.5 Å². The molecule has 1 aliphatic carbocycles. The van der Waals surface area contributed by atoms with Gasteiger partial charge in [0.2, 0.25) is 0 Å². The molecule has 2 aromatic rings. The van der Waals surface area contributed by atoms with E-state index in [9.17, 15) is 4.79 Å². The Morgan fingerprint density at radius 1 is 1.39 bits per heavy atom. The number of hydrogen-bond acceptors (Lipinski definition) is 4. The SMILES string of the molecule is COC(=O)C1CN(C)C2Cc3c[nH]c4cccc(c34)C2(OC)C1. The summed E-state index contributed by atoms with van der Waals surface area (Å²) < 4.78 is 11.1. The number of esters is 1. The zero-order valence-corrected chi connectivity index (χ0v) is 13.8. The fourth-order valence-corrected chi connectivity index (χ4v) is 4.64. The van der Waals surface area contributed by atoms with E-state index in [1.165, 1.54) is 23.6 Å². The normalized spacial score (nSPS) is 30.2. The van der Waals surface area contributed by atoms with E-state index in [1.807, 2.05) is 0 Å².